The summed E-state index contributed by atoms with van der Waals surface area (Å²) in [5.41, 5.74) is 2.04. The van der Waals surface area contributed by atoms with E-state index >= 15 is 0 Å². The number of hydrogen-bond donors (Lipinski definition) is 0. The number of nitrogens with zero attached hydrogens (tertiary/aromatic N) is 4. The van der Waals surface area contributed by atoms with Crippen LogP contribution in [-0.4, -0.2) is 69.7 Å². The summed E-state index contributed by atoms with van der Waals surface area (Å²) in [6.07, 6.45) is 12.4. The van der Waals surface area contributed by atoms with Gasteiger partial charge in [-0.05, 0) is 57.1 Å². The fraction of sp³-hybridized carbons (Fsp3) is 0.550. The van der Waals surface area contributed by atoms with Crippen molar-refractivity contribution in [3.63, 3.8) is 0 Å². The van der Waals surface area contributed by atoms with E-state index in [2.05, 4.69) is 13.5 Å². The van der Waals surface area contributed by atoms with E-state index < -0.39 is 0 Å². The Morgan fingerprint density at radius 2 is 1.21 bits per heavy atom. The Kier molecular flexibility index (Phi) is 15.4. The minimum absolute atomic E-state index is 0.00277. The van der Waals surface area contributed by atoms with Crippen LogP contribution in [0.1, 0.15) is 122 Å². The number of carbonyl (C=O) groups excluding carboxylic acids is 4. The van der Waals surface area contributed by atoms with Gasteiger partial charge in [0, 0.05) is 26.4 Å². The van der Waals surface area contributed by atoms with E-state index in [1.165, 1.54) is 22.6 Å². The zero-order chi connectivity index (χ0) is 35.2. The lowest BCUT2D eigenvalue weighted by Gasteiger charge is -2.28. The molecule has 5 atom stereocenters. The predicted molar refractivity (Wildman–Crippen MR) is 193 cm³/mol. The molecule has 6 amide bonds. The third-order valence-electron chi connectivity index (χ3n) is 9.94. The number of amides is 6. The topological polar surface area (TPSA) is 81.2 Å². The molecule has 2 aromatic carbocycles. The molecule has 0 saturated carbocycles. The van der Waals surface area contributed by atoms with Crippen molar-refractivity contribution in [2.45, 2.75) is 122 Å². The summed E-state index contributed by atoms with van der Waals surface area (Å²) in [6.45, 7) is 11.9. The summed E-state index contributed by atoms with van der Waals surface area (Å²) in [4.78, 5) is 57.4. The Balaban J connectivity index is 0.000000275. The van der Waals surface area contributed by atoms with Crippen molar-refractivity contribution in [1.82, 2.24) is 19.6 Å². The van der Waals surface area contributed by atoms with Crippen LogP contribution < -0.4 is 0 Å². The maximum absolute atomic E-state index is 13.5. The molecule has 0 bridgehead atoms. The van der Waals surface area contributed by atoms with E-state index in [4.69, 9.17) is 0 Å². The molecule has 0 spiro atoms. The summed E-state index contributed by atoms with van der Waals surface area (Å²) in [7, 11) is 3.56. The van der Waals surface area contributed by atoms with Crippen LogP contribution in [0.2, 0.25) is 0 Å². The van der Waals surface area contributed by atoms with E-state index in [0.29, 0.717) is 6.42 Å². The van der Waals surface area contributed by atoms with E-state index in [1.54, 1.807) is 23.9 Å². The maximum Gasteiger partial charge on any atom is 0.327 e. The molecule has 0 radical (unpaired) electrons. The third kappa shape index (κ3) is 9.36. The number of carbonyl (C=O) groups is 4. The first-order valence-corrected chi connectivity index (χ1v) is 18.0. The predicted octanol–water partition coefficient (Wildman–Crippen LogP) is 9.15. The molecule has 4 rings (SSSR count). The maximum atomic E-state index is 13.5. The molecule has 48 heavy (non-hydrogen) atoms. The van der Waals surface area contributed by atoms with Gasteiger partial charge in [0.15, 0.2) is 0 Å². The third-order valence-corrected chi connectivity index (χ3v) is 9.94. The molecule has 2 aliphatic rings. The Bertz CT molecular complexity index is 1330. The van der Waals surface area contributed by atoms with Gasteiger partial charge in [-0.3, -0.25) is 19.4 Å². The lowest BCUT2D eigenvalue weighted by atomic mass is 9.93. The fourth-order valence-corrected chi connectivity index (χ4v) is 6.85. The van der Waals surface area contributed by atoms with E-state index in [0.717, 1.165) is 62.5 Å². The number of imide groups is 2. The highest BCUT2D eigenvalue weighted by Gasteiger charge is 2.47. The molecular weight excluding hydrogens is 600 g/mol. The SMILES string of the molecule is C=CCCCCCC[C@H](CCC)C(=O)N1C(=O)N(C)[C@@H](C)[C@H]1c1ccccc1.CCCCC(=O)N1C(=O)N(C)[C@@H](C)[C@H]1c1ccccc1. The second-order valence-electron chi connectivity index (χ2n) is 13.3. The fourth-order valence-electron chi connectivity index (χ4n) is 6.85. The minimum atomic E-state index is -0.210. The van der Waals surface area contributed by atoms with E-state index in [1.807, 2.05) is 87.5 Å². The highest BCUT2D eigenvalue weighted by molar-refractivity contribution is 5.98. The van der Waals surface area contributed by atoms with Crippen LogP contribution in [0.15, 0.2) is 73.3 Å². The van der Waals surface area contributed by atoms with Crippen LogP contribution in [0.4, 0.5) is 9.59 Å². The average Bonchev–Trinajstić information content (AvgIpc) is 3.47. The van der Waals surface area contributed by atoms with Crippen LogP contribution in [0.3, 0.4) is 0 Å². The van der Waals surface area contributed by atoms with Crippen molar-refractivity contribution in [2.24, 2.45) is 5.92 Å². The second-order valence-corrected chi connectivity index (χ2v) is 13.3. The van der Waals surface area contributed by atoms with Gasteiger partial charge in [-0.25, -0.2) is 9.59 Å². The van der Waals surface area contributed by atoms with Crippen molar-refractivity contribution >= 4 is 23.9 Å². The lowest BCUT2D eigenvalue weighted by molar-refractivity contribution is -0.134. The molecule has 2 fully saturated rings. The zero-order valence-corrected chi connectivity index (χ0v) is 30.1. The van der Waals surface area contributed by atoms with Crippen molar-refractivity contribution in [2.75, 3.05) is 14.1 Å². The summed E-state index contributed by atoms with van der Waals surface area (Å²) in [5, 5.41) is 0. The molecule has 262 valence electrons. The molecule has 2 heterocycles. The smallest absolute Gasteiger partial charge is 0.322 e. The number of benzene rings is 2. The molecule has 8 heteroatoms. The molecule has 0 unspecified atom stereocenters. The molecule has 2 aromatic rings. The quantitative estimate of drug-likeness (QED) is 0.141. The number of likely N-dealkylation sites (N-methyl/N-ethyl adjacent to an activating group) is 2. The van der Waals surface area contributed by atoms with E-state index in [-0.39, 0.29) is 54.0 Å². The van der Waals surface area contributed by atoms with Gasteiger partial charge in [-0.15, -0.1) is 6.58 Å². The number of urea groups is 2. The highest BCUT2D eigenvalue weighted by atomic mass is 16.2. The zero-order valence-electron chi connectivity index (χ0n) is 30.1. The summed E-state index contributed by atoms with van der Waals surface area (Å²) < 4.78 is 0. The number of unbranched alkanes of at least 4 members (excludes halogenated alkanes) is 5. The first-order valence-electron chi connectivity index (χ1n) is 18.0. The number of rotatable bonds is 15. The van der Waals surface area contributed by atoms with Crippen molar-refractivity contribution in [1.29, 1.82) is 0 Å². The van der Waals surface area contributed by atoms with Gasteiger partial charge < -0.3 is 9.80 Å². The first kappa shape index (κ1) is 38.5. The number of allylic oxidation sites excluding steroid dienone is 1. The van der Waals surface area contributed by atoms with Crippen LogP contribution in [0.5, 0.6) is 0 Å². The van der Waals surface area contributed by atoms with E-state index in [9.17, 15) is 19.2 Å². The van der Waals surface area contributed by atoms with Gasteiger partial charge in [-0.2, -0.15) is 0 Å². The van der Waals surface area contributed by atoms with Crippen LogP contribution in [0, 0.1) is 5.92 Å². The number of hydrogen-bond acceptors (Lipinski definition) is 4. The molecule has 2 aliphatic heterocycles. The Morgan fingerprint density at radius 1 is 0.708 bits per heavy atom. The molecule has 0 aromatic heterocycles. The molecule has 2 saturated heterocycles. The van der Waals surface area contributed by atoms with Crippen molar-refractivity contribution in [3.8, 4) is 0 Å². The van der Waals surface area contributed by atoms with Crippen LogP contribution in [-0.2, 0) is 9.59 Å². The highest BCUT2D eigenvalue weighted by Crippen LogP contribution is 2.37. The van der Waals surface area contributed by atoms with Gasteiger partial charge in [0.1, 0.15) is 0 Å². The Morgan fingerprint density at radius 3 is 1.71 bits per heavy atom. The molecule has 8 nitrogen and oxygen atoms in total. The largest absolute Gasteiger partial charge is 0.327 e. The standard InChI is InChI=1S/C24H36N2O2.C16H22N2O2/c1-5-7-8-9-10-12-18-21(15-6-2)23(27)26-22(19(3)25(4)24(26)28)20-16-13-11-14-17-20;1-4-5-11-14(19)18-15(12(2)17(3)16(18)20)13-9-7-6-8-10-13/h5,11,13-14,16-17,19,21-22H,1,6-10,12,15,18H2,2-4H3;6-10,12,15H,4-5,11H2,1-3H3/t19-,21-,22-;12-,15-/m00/s1. The van der Waals surface area contributed by atoms with Crippen LogP contribution in [0.25, 0.3) is 0 Å². The summed E-state index contributed by atoms with van der Waals surface area (Å²) >= 11 is 0. The second kappa shape index (κ2) is 19.2. The molecule has 0 N–H and O–H groups in total. The average molecular weight is 659 g/mol. The van der Waals surface area contributed by atoms with Gasteiger partial charge in [0.05, 0.1) is 24.2 Å². The van der Waals surface area contributed by atoms with Gasteiger partial charge >= 0.3 is 12.1 Å². The molecular formula is C40H58N4O4. The normalized spacial score (nSPS) is 21.3. The summed E-state index contributed by atoms with van der Waals surface area (Å²) in [5.74, 6) is -0.136. The Labute approximate surface area is 289 Å². The van der Waals surface area contributed by atoms with Crippen LogP contribution >= 0.6 is 0 Å². The minimum Gasteiger partial charge on any atom is -0.322 e. The van der Waals surface area contributed by atoms with Crippen molar-refractivity contribution in [3.05, 3.63) is 84.4 Å². The molecule has 0 aliphatic carbocycles. The summed E-state index contributed by atoms with van der Waals surface area (Å²) in [6, 6.07) is 19.0. The Hall–Kier alpha value is -3.94. The monoisotopic (exact) mass is 658 g/mol. The van der Waals surface area contributed by atoms with Gasteiger partial charge in [0.25, 0.3) is 0 Å². The lowest BCUT2D eigenvalue weighted by Crippen LogP contribution is -2.40. The van der Waals surface area contributed by atoms with Gasteiger partial charge in [-0.1, -0.05) is 113 Å². The van der Waals surface area contributed by atoms with Gasteiger partial charge in [0.2, 0.25) is 11.8 Å². The first-order chi connectivity index (χ1) is 23.1. The van der Waals surface area contributed by atoms with Crippen molar-refractivity contribution < 1.29 is 19.2 Å².